The lowest BCUT2D eigenvalue weighted by atomic mass is 10.1. The molecule has 0 unspecified atom stereocenters. The van der Waals surface area contributed by atoms with Gasteiger partial charge in [0.05, 0.1) is 6.61 Å². The molecule has 0 heterocycles. The van der Waals surface area contributed by atoms with E-state index < -0.39 is 0 Å². The van der Waals surface area contributed by atoms with Crippen molar-refractivity contribution in [1.82, 2.24) is 4.90 Å². The summed E-state index contributed by atoms with van der Waals surface area (Å²) in [5, 5.41) is 9.19. The van der Waals surface area contributed by atoms with Crippen molar-refractivity contribution >= 4 is 5.69 Å². The Bertz CT molecular complexity index is 389. The minimum absolute atomic E-state index is 0.120. The molecule has 114 valence electrons. The van der Waals surface area contributed by atoms with Crippen LogP contribution in [-0.2, 0) is 6.61 Å². The number of anilines is 1. The number of hydrogen-bond acceptors (Lipinski definition) is 3. The molecule has 1 rings (SSSR count). The predicted molar refractivity (Wildman–Crippen MR) is 87.4 cm³/mol. The molecule has 0 radical (unpaired) electrons. The predicted octanol–water partition coefficient (Wildman–Crippen LogP) is 3.05. The summed E-state index contributed by atoms with van der Waals surface area (Å²) in [5.41, 5.74) is 3.54. The molecule has 1 N–H and O–H groups in total. The normalized spacial score (nSPS) is 11.1. The van der Waals surface area contributed by atoms with E-state index in [0.29, 0.717) is 0 Å². The summed E-state index contributed by atoms with van der Waals surface area (Å²) in [5.74, 6) is 0. The van der Waals surface area contributed by atoms with Crippen LogP contribution in [-0.4, -0.2) is 42.7 Å². The van der Waals surface area contributed by atoms with Crippen molar-refractivity contribution < 1.29 is 5.11 Å². The van der Waals surface area contributed by atoms with Gasteiger partial charge in [-0.15, -0.1) is 0 Å². The highest BCUT2D eigenvalue weighted by Gasteiger charge is 2.08. The van der Waals surface area contributed by atoms with Gasteiger partial charge in [0, 0.05) is 18.8 Å². The lowest BCUT2D eigenvalue weighted by Gasteiger charge is -2.27. The maximum absolute atomic E-state index is 9.19. The fourth-order valence-corrected chi connectivity index (χ4v) is 2.64. The van der Waals surface area contributed by atoms with Crippen LogP contribution >= 0.6 is 0 Å². The molecule has 1 aromatic rings. The second-order valence-electron chi connectivity index (χ2n) is 5.24. The number of benzene rings is 1. The first-order chi connectivity index (χ1) is 9.65. The summed E-state index contributed by atoms with van der Waals surface area (Å²) in [7, 11) is 0. The third kappa shape index (κ3) is 4.80. The topological polar surface area (TPSA) is 26.7 Å². The number of aliphatic hydroxyl groups excluding tert-OH is 1. The number of hydrogen-bond donors (Lipinski definition) is 1. The molecule has 0 spiro atoms. The molecule has 0 aromatic heterocycles. The monoisotopic (exact) mass is 278 g/mol. The summed E-state index contributed by atoms with van der Waals surface area (Å²) in [4.78, 5) is 4.90. The molecule has 0 saturated carbocycles. The average molecular weight is 278 g/mol. The van der Waals surface area contributed by atoms with E-state index in [4.69, 9.17) is 0 Å². The second-order valence-corrected chi connectivity index (χ2v) is 5.24. The summed E-state index contributed by atoms with van der Waals surface area (Å²) in [6, 6.07) is 6.25. The summed E-state index contributed by atoms with van der Waals surface area (Å²) < 4.78 is 0. The van der Waals surface area contributed by atoms with Gasteiger partial charge in [0.2, 0.25) is 0 Å². The van der Waals surface area contributed by atoms with Gasteiger partial charge in [0.25, 0.3) is 0 Å². The minimum atomic E-state index is 0.120. The van der Waals surface area contributed by atoms with E-state index in [-0.39, 0.29) is 6.61 Å². The summed E-state index contributed by atoms with van der Waals surface area (Å²) in [6.45, 7) is 14.4. The van der Waals surface area contributed by atoms with Gasteiger partial charge in [-0.1, -0.05) is 26.0 Å². The van der Waals surface area contributed by atoms with E-state index in [1.807, 2.05) is 6.07 Å². The Morgan fingerprint density at radius 2 is 1.70 bits per heavy atom. The second kappa shape index (κ2) is 8.98. The molecule has 0 amide bonds. The summed E-state index contributed by atoms with van der Waals surface area (Å²) >= 11 is 0. The summed E-state index contributed by atoms with van der Waals surface area (Å²) in [6.07, 6.45) is 1.19. The third-order valence-electron chi connectivity index (χ3n) is 3.96. The van der Waals surface area contributed by atoms with E-state index in [0.717, 1.165) is 38.3 Å². The van der Waals surface area contributed by atoms with Crippen molar-refractivity contribution in [2.45, 2.75) is 40.7 Å². The average Bonchev–Trinajstić information content (AvgIpc) is 2.48. The zero-order valence-electron chi connectivity index (χ0n) is 13.5. The smallest absolute Gasteiger partial charge is 0.0681 e. The van der Waals surface area contributed by atoms with Crippen LogP contribution in [0.5, 0.6) is 0 Å². The number of nitrogens with zero attached hydrogens (tertiary/aromatic N) is 2. The van der Waals surface area contributed by atoms with E-state index in [9.17, 15) is 5.11 Å². The first-order valence-electron chi connectivity index (χ1n) is 7.83. The molecule has 0 atom stereocenters. The standard InChI is InChI=1S/C17H30N2O/c1-5-18(6-2)11-8-12-19(7-3)17-10-9-16(14-20)13-15(17)4/h9-10,13,20H,5-8,11-12,14H2,1-4H3. The Kier molecular flexibility index (Phi) is 7.63. The Morgan fingerprint density at radius 1 is 1.00 bits per heavy atom. The highest BCUT2D eigenvalue weighted by atomic mass is 16.3. The molecule has 3 nitrogen and oxygen atoms in total. The maximum Gasteiger partial charge on any atom is 0.0681 e. The van der Waals surface area contributed by atoms with Crippen LogP contribution in [0.15, 0.2) is 18.2 Å². The van der Waals surface area contributed by atoms with Crippen LogP contribution in [0.2, 0.25) is 0 Å². The first kappa shape index (κ1) is 17.0. The van der Waals surface area contributed by atoms with Crippen LogP contribution < -0.4 is 4.90 Å². The van der Waals surface area contributed by atoms with Gasteiger partial charge in [0.1, 0.15) is 0 Å². The van der Waals surface area contributed by atoms with Crippen LogP contribution in [0, 0.1) is 6.92 Å². The molecule has 0 fully saturated rings. The highest BCUT2D eigenvalue weighted by Crippen LogP contribution is 2.21. The van der Waals surface area contributed by atoms with Gasteiger partial charge in [0.15, 0.2) is 0 Å². The van der Waals surface area contributed by atoms with E-state index in [1.54, 1.807) is 0 Å². The van der Waals surface area contributed by atoms with Crippen molar-refractivity contribution in [3.05, 3.63) is 29.3 Å². The SMILES string of the molecule is CCN(CC)CCCN(CC)c1ccc(CO)cc1C. The third-order valence-corrected chi connectivity index (χ3v) is 3.96. The molecule has 0 aliphatic carbocycles. The van der Waals surface area contributed by atoms with Crippen molar-refractivity contribution in [3.8, 4) is 0 Å². The highest BCUT2D eigenvalue weighted by molar-refractivity contribution is 5.54. The quantitative estimate of drug-likeness (QED) is 0.752. The van der Waals surface area contributed by atoms with Gasteiger partial charge in [-0.2, -0.15) is 0 Å². The van der Waals surface area contributed by atoms with Crippen LogP contribution in [0.4, 0.5) is 5.69 Å². The molecule has 0 bridgehead atoms. The lowest BCUT2D eigenvalue weighted by Crippen LogP contribution is -2.30. The number of rotatable bonds is 9. The van der Waals surface area contributed by atoms with Gasteiger partial charge >= 0.3 is 0 Å². The lowest BCUT2D eigenvalue weighted by molar-refractivity contribution is 0.282. The minimum Gasteiger partial charge on any atom is -0.392 e. The Labute approximate surface area is 124 Å². The molecule has 0 aliphatic heterocycles. The zero-order chi connectivity index (χ0) is 15.0. The molecule has 0 saturated heterocycles. The molecular formula is C17H30N2O. The van der Waals surface area contributed by atoms with E-state index in [2.05, 4.69) is 49.6 Å². The van der Waals surface area contributed by atoms with Crippen LogP contribution in [0.1, 0.15) is 38.3 Å². The Hall–Kier alpha value is -1.06. The van der Waals surface area contributed by atoms with Gasteiger partial charge in [-0.25, -0.2) is 0 Å². The first-order valence-corrected chi connectivity index (χ1v) is 7.83. The van der Waals surface area contributed by atoms with Crippen LogP contribution in [0.25, 0.3) is 0 Å². The zero-order valence-corrected chi connectivity index (χ0v) is 13.5. The molecule has 20 heavy (non-hydrogen) atoms. The molecule has 3 heteroatoms. The molecular weight excluding hydrogens is 248 g/mol. The van der Waals surface area contributed by atoms with Crippen LogP contribution in [0.3, 0.4) is 0 Å². The van der Waals surface area contributed by atoms with Gasteiger partial charge in [-0.05, 0) is 57.1 Å². The van der Waals surface area contributed by atoms with E-state index in [1.165, 1.54) is 17.7 Å². The Balaban J connectivity index is 2.62. The van der Waals surface area contributed by atoms with Gasteiger partial charge < -0.3 is 14.9 Å². The largest absolute Gasteiger partial charge is 0.392 e. The fraction of sp³-hybridized carbons (Fsp3) is 0.647. The van der Waals surface area contributed by atoms with E-state index >= 15 is 0 Å². The van der Waals surface area contributed by atoms with Crippen molar-refractivity contribution in [3.63, 3.8) is 0 Å². The van der Waals surface area contributed by atoms with Crippen molar-refractivity contribution in [2.24, 2.45) is 0 Å². The number of aliphatic hydroxyl groups is 1. The number of aryl methyl sites for hydroxylation is 1. The molecule has 1 aromatic carbocycles. The van der Waals surface area contributed by atoms with Gasteiger partial charge in [-0.3, -0.25) is 0 Å². The molecule has 0 aliphatic rings. The fourth-order valence-electron chi connectivity index (χ4n) is 2.64. The van der Waals surface area contributed by atoms with Crippen molar-refractivity contribution in [1.29, 1.82) is 0 Å². The maximum atomic E-state index is 9.19. The Morgan fingerprint density at radius 3 is 2.20 bits per heavy atom. The van der Waals surface area contributed by atoms with Crippen molar-refractivity contribution in [2.75, 3.05) is 37.6 Å².